The minimum atomic E-state index is -0.987. The van der Waals surface area contributed by atoms with Gasteiger partial charge in [-0.3, -0.25) is 0 Å². The summed E-state index contributed by atoms with van der Waals surface area (Å²) in [5.41, 5.74) is 1.66. The number of ether oxygens (including phenoxy) is 2. The fraction of sp³-hybridized carbons (Fsp3) is 0.355. The summed E-state index contributed by atoms with van der Waals surface area (Å²) in [5, 5.41) is 12.2. The Labute approximate surface area is 239 Å². The second-order valence-corrected chi connectivity index (χ2v) is 10.3. The van der Waals surface area contributed by atoms with E-state index in [0.29, 0.717) is 38.6 Å². The molecule has 40 heavy (non-hydrogen) atoms. The van der Waals surface area contributed by atoms with Gasteiger partial charge in [-0.1, -0.05) is 42.5 Å². The Morgan fingerprint density at radius 3 is 2.33 bits per heavy atom. The minimum Gasteiger partial charge on any atom is -0.492 e. The van der Waals surface area contributed by atoms with E-state index in [0.717, 1.165) is 29.7 Å². The van der Waals surface area contributed by atoms with Gasteiger partial charge >= 0.3 is 12.0 Å². The molecule has 0 saturated heterocycles. The lowest BCUT2D eigenvalue weighted by atomic mass is 10.1. The molecule has 0 spiro atoms. The van der Waals surface area contributed by atoms with E-state index >= 15 is 0 Å². The van der Waals surface area contributed by atoms with Gasteiger partial charge in [-0.2, -0.15) is 0 Å². The maximum Gasteiger partial charge on any atom is 0.333 e. The third kappa shape index (κ3) is 11.3. The summed E-state index contributed by atoms with van der Waals surface area (Å²) in [4.78, 5) is 27.3. The number of hydrogen-bond acceptors (Lipinski definition) is 5. The van der Waals surface area contributed by atoms with Crippen molar-refractivity contribution < 1.29 is 28.6 Å². The highest BCUT2D eigenvalue weighted by Crippen LogP contribution is 2.19. The van der Waals surface area contributed by atoms with E-state index in [4.69, 9.17) is 9.47 Å². The van der Waals surface area contributed by atoms with Crippen LogP contribution < -0.4 is 10.1 Å². The fourth-order valence-corrected chi connectivity index (χ4v) is 4.88. The predicted octanol–water partition coefficient (Wildman–Crippen LogP) is 6.02. The Hall–Kier alpha value is -3.56. The zero-order valence-corrected chi connectivity index (χ0v) is 23.6. The van der Waals surface area contributed by atoms with Crippen LogP contribution in [0.1, 0.15) is 30.9 Å². The average molecular weight is 569 g/mol. The zero-order chi connectivity index (χ0) is 28.6. The Kier molecular flexibility index (Phi) is 13.3. The quantitative estimate of drug-likeness (QED) is 0.153. The van der Waals surface area contributed by atoms with Crippen molar-refractivity contribution in [3.8, 4) is 5.75 Å². The molecule has 3 aromatic carbocycles. The number of aliphatic carboxylic acids is 1. The molecule has 0 fully saturated rings. The number of amides is 2. The standard InChI is InChI=1S/C31H37FN2O5S/c1-2-38-29(30(35)36)22-24-12-16-27(17-13-24)39-20-19-34(18-6-7-21-40-28-8-4-3-5-9-28)31(37)33-23-25-10-14-26(32)15-11-25/h3-5,8-17,29H,2,6-7,18-23H2,1H3,(H,33,37)(H,35,36). The lowest BCUT2D eigenvalue weighted by Gasteiger charge is -2.23. The second kappa shape index (κ2) is 17.2. The molecule has 1 unspecified atom stereocenters. The van der Waals surface area contributed by atoms with E-state index in [1.54, 1.807) is 47.9 Å². The Bertz CT molecular complexity index is 1160. The zero-order valence-electron chi connectivity index (χ0n) is 22.8. The monoisotopic (exact) mass is 568 g/mol. The lowest BCUT2D eigenvalue weighted by Crippen LogP contribution is -2.42. The molecular weight excluding hydrogens is 531 g/mol. The molecule has 0 aliphatic carbocycles. The van der Waals surface area contributed by atoms with Gasteiger partial charge in [-0.05, 0) is 73.0 Å². The largest absolute Gasteiger partial charge is 0.492 e. The van der Waals surface area contributed by atoms with Gasteiger partial charge in [0.2, 0.25) is 0 Å². The van der Waals surface area contributed by atoms with Gasteiger partial charge in [0.15, 0.2) is 6.10 Å². The van der Waals surface area contributed by atoms with Crippen LogP contribution in [0.4, 0.5) is 9.18 Å². The normalized spacial score (nSPS) is 11.6. The first-order valence-corrected chi connectivity index (χ1v) is 14.4. The number of carbonyl (C=O) groups is 2. The highest BCUT2D eigenvalue weighted by atomic mass is 32.2. The van der Waals surface area contributed by atoms with Crippen molar-refractivity contribution >= 4 is 23.8 Å². The van der Waals surface area contributed by atoms with E-state index in [1.807, 2.05) is 30.3 Å². The molecule has 2 amide bonds. The molecule has 0 radical (unpaired) electrons. The molecule has 0 aliphatic rings. The second-order valence-electron chi connectivity index (χ2n) is 9.12. The van der Waals surface area contributed by atoms with E-state index in [9.17, 15) is 19.1 Å². The van der Waals surface area contributed by atoms with Crippen molar-refractivity contribution in [3.05, 3.63) is 95.8 Å². The number of benzene rings is 3. The van der Waals surface area contributed by atoms with Gasteiger partial charge in [-0.15, -0.1) is 11.8 Å². The summed E-state index contributed by atoms with van der Waals surface area (Å²) in [6, 6.07) is 23.3. The summed E-state index contributed by atoms with van der Waals surface area (Å²) in [6.07, 6.45) is 1.20. The highest BCUT2D eigenvalue weighted by molar-refractivity contribution is 7.99. The van der Waals surface area contributed by atoms with Crippen LogP contribution in [0, 0.1) is 5.82 Å². The van der Waals surface area contributed by atoms with Crippen LogP contribution in [-0.4, -0.2) is 60.2 Å². The maximum atomic E-state index is 13.2. The van der Waals surface area contributed by atoms with Crippen LogP contribution in [0.2, 0.25) is 0 Å². The molecule has 7 nitrogen and oxygen atoms in total. The number of urea groups is 1. The first kappa shape index (κ1) is 31.0. The van der Waals surface area contributed by atoms with Crippen LogP contribution in [0.3, 0.4) is 0 Å². The van der Waals surface area contributed by atoms with Gasteiger partial charge < -0.3 is 24.8 Å². The fourth-order valence-electron chi connectivity index (χ4n) is 3.95. The smallest absolute Gasteiger partial charge is 0.333 e. The number of nitrogens with zero attached hydrogens (tertiary/aromatic N) is 1. The summed E-state index contributed by atoms with van der Waals surface area (Å²) < 4.78 is 24.4. The summed E-state index contributed by atoms with van der Waals surface area (Å²) in [7, 11) is 0. The molecule has 0 bridgehead atoms. The number of thioether (sulfide) groups is 1. The van der Waals surface area contributed by atoms with Gasteiger partial charge in [-0.25, -0.2) is 14.0 Å². The van der Waals surface area contributed by atoms with Gasteiger partial charge in [0.05, 0.1) is 6.54 Å². The number of nitrogens with one attached hydrogen (secondary N) is 1. The first-order chi connectivity index (χ1) is 19.4. The van der Waals surface area contributed by atoms with Gasteiger partial charge in [0.1, 0.15) is 18.2 Å². The third-order valence-electron chi connectivity index (χ3n) is 6.10. The van der Waals surface area contributed by atoms with Crippen LogP contribution in [0.25, 0.3) is 0 Å². The molecule has 214 valence electrons. The Morgan fingerprint density at radius 1 is 0.950 bits per heavy atom. The van der Waals surface area contributed by atoms with Crippen molar-refractivity contribution in [2.75, 3.05) is 32.1 Å². The Balaban J connectivity index is 1.49. The number of hydrogen-bond donors (Lipinski definition) is 2. The number of halogens is 1. The summed E-state index contributed by atoms with van der Waals surface area (Å²) in [6.45, 7) is 3.69. The van der Waals surface area contributed by atoms with Crippen molar-refractivity contribution in [3.63, 3.8) is 0 Å². The number of carboxylic acids is 1. The van der Waals surface area contributed by atoms with Crippen LogP contribution in [0.5, 0.6) is 5.75 Å². The number of unbranched alkanes of at least 4 members (excludes halogenated alkanes) is 1. The number of carbonyl (C=O) groups excluding carboxylic acids is 1. The lowest BCUT2D eigenvalue weighted by molar-refractivity contribution is -0.149. The highest BCUT2D eigenvalue weighted by Gasteiger charge is 2.18. The topological polar surface area (TPSA) is 88.1 Å². The molecule has 0 aliphatic heterocycles. The molecule has 3 rings (SSSR count). The molecule has 1 atom stereocenters. The van der Waals surface area contributed by atoms with Crippen LogP contribution in [-0.2, 0) is 22.5 Å². The van der Waals surface area contributed by atoms with Crippen molar-refractivity contribution in [1.29, 1.82) is 0 Å². The van der Waals surface area contributed by atoms with Crippen molar-refractivity contribution in [2.45, 2.75) is 43.7 Å². The van der Waals surface area contributed by atoms with Crippen molar-refractivity contribution in [1.82, 2.24) is 10.2 Å². The molecule has 0 aromatic heterocycles. The van der Waals surface area contributed by atoms with Crippen molar-refractivity contribution in [2.24, 2.45) is 0 Å². The average Bonchev–Trinajstić information content (AvgIpc) is 2.96. The number of rotatable bonds is 17. The molecule has 9 heteroatoms. The van der Waals surface area contributed by atoms with Gasteiger partial charge in [0.25, 0.3) is 0 Å². The summed E-state index contributed by atoms with van der Waals surface area (Å²) >= 11 is 1.80. The molecule has 0 saturated carbocycles. The predicted molar refractivity (Wildman–Crippen MR) is 155 cm³/mol. The molecular formula is C31H37FN2O5S. The number of carboxylic acid groups (broad SMARTS) is 1. The summed E-state index contributed by atoms with van der Waals surface area (Å²) in [5.74, 6) is 0.298. The third-order valence-corrected chi connectivity index (χ3v) is 7.19. The molecule has 0 heterocycles. The van der Waals surface area contributed by atoms with E-state index in [2.05, 4.69) is 17.4 Å². The minimum absolute atomic E-state index is 0.199. The molecule has 3 aromatic rings. The van der Waals surface area contributed by atoms with Gasteiger partial charge in [0, 0.05) is 31.0 Å². The Morgan fingerprint density at radius 2 is 1.65 bits per heavy atom. The van der Waals surface area contributed by atoms with E-state index in [1.165, 1.54) is 17.0 Å². The molecule has 2 N–H and O–H groups in total. The van der Waals surface area contributed by atoms with E-state index < -0.39 is 12.1 Å². The van der Waals surface area contributed by atoms with Crippen LogP contribution >= 0.6 is 11.8 Å². The maximum absolute atomic E-state index is 13.2. The first-order valence-electron chi connectivity index (χ1n) is 13.5. The SMILES string of the molecule is CCOC(Cc1ccc(OCCN(CCCCSc2ccccc2)C(=O)NCc2ccc(F)cc2)cc1)C(=O)O. The van der Waals surface area contributed by atoms with E-state index in [-0.39, 0.29) is 18.3 Å². The van der Waals surface area contributed by atoms with Crippen LogP contribution in [0.15, 0.2) is 83.8 Å².